The number of aliphatic hydroxyl groups excluding tert-OH is 1. The minimum absolute atomic E-state index is 0.00958. The van der Waals surface area contributed by atoms with E-state index in [1.54, 1.807) is 0 Å². The highest BCUT2D eigenvalue weighted by atomic mass is 16.3. The van der Waals surface area contributed by atoms with Gasteiger partial charge in [0.05, 0.1) is 6.10 Å². The predicted molar refractivity (Wildman–Crippen MR) is 82.9 cm³/mol. The van der Waals surface area contributed by atoms with Gasteiger partial charge < -0.3 is 15.7 Å². The Bertz CT molecular complexity index is 452. The van der Waals surface area contributed by atoms with Crippen molar-refractivity contribution in [2.45, 2.75) is 19.1 Å². The topological polar surface area (TPSA) is 64.6 Å². The van der Waals surface area contributed by atoms with E-state index in [0.29, 0.717) is 13.1 Å². The van der Waals surface area contributed by atoms with E-state index in [-0.39, 0.29) is 24.0 Å². The second kappa shape index (κ2) is 7.54. The van der Waals surface area contributed by atoms with E-state index in [9.17, 15) is 9.90 Å². The lowest BCUT2D eigenvalue weighted by molar-refractivity contribution is -0.126. The molecule has 1 fully saturated rings. The Balaban J connectivity index is 2.01. The molecule has 1 aromatic carbocycles. The number of aliphatic hydroxyl groups is 1. The fraction of sp³-hybridized carbons (Fsp3) is 0.562. The fourth-order valence-electron chi connectivity index (χ4n) is 2.68. The number of hydrogen-bond acceptors (Lipinski definition) is 4. The van der Waals surface area contributed by atoms with Crippen LogP contribution in [-0.2, 0) is 4.79 Å². The lowest BCUT2D eigenvalue weighted by atomic mass is 10.0. The van der Waals surface area contributed by atoms with Crippen molar-refractivity contribution in [3.63, 3.8) is 0 Å². The Morgan fingerprint density at radius 3 is 2.71 bits per heavy atom. The van der Waals surface area contributed by atoms with Crippen LogP contribution >= 0.6 is 0 Å². The molecular weight excluding hydrogens is 266 g/mol. The second-order valence-corrected chi connectivity index (χ2v) is 5.62. The summed E-state index contributed by atoms with van der Waals surface area (Å²) < 4.78 is 0. The molecule has 1 aliphatic rings. The molecule has 2 rings (SSSR count). The number of likely N-dealkylation sites (N-methyl/N-ethyl adjacent to an activating group) is 1. The van der Waals surface area contributed by atoms with Crippen LogP contribution in [0.25, 0.3) is 0 Å². The van der Waals surface area contributed by atoms with Crippen LogP contribution < -0.4 is 10.6 Å². The van der Waals surface area contributed by atoms with Crippen LogP contribution in [0.15, 0.2) is 30.3 Å². The fourth-order valence-corrected chi connectivity index (χ4v) is 2.68. The van der Waals surface area contributed by atoms with E-state index in [1.807, 2.05) is 49.2 Å². The van der Waals surface area contributed by atoms with E-state index < -0.39 is 0 Å². The Morgan fingerprint density at radius 1 is 1.43 bits per heavy atom. The lowest BCUT2D eigenvalue weighted by Crippen LogP contribution is -2.42. The molecule has 0 saturated carbocycles. The normalized spacial score (nSPS) is 23.2. The van der Waals surface area contributed by atoms with Gasteiger partial charge in [-0.2, -0.15) is 0 Å². The third-order valence-electron chi connectivity index (χ3n) is 4.15. The van der Waals surface area contributed by atoms with Gasteiger partial charge in [0.1, 0.15) is 6.04 Å². The Kier molecular flexibility index (Phi) is 5.73. The molecule has 1 heterocycles. The summed E-state index contributed by atoms with van der Waals surface area (Å²) in [5.41, 5.74) is 0.990. The van der Waals surface area contributed by atoms with Gasteiger partial charge in [-0.15, -0.1) is 0 Å². The van der Waals surface area contributed by atoms with Crippen molar-refractivity contribution >= 4 is 5.91 Å². The summed E-state index contributed by atoms with van der Waals surface area (Å²) in [6, 6.07) is 9.51. The van der Waals surface area contributed by atoms with Crippen molar-refractivity contribution in [1.82, 2.24) is 15.5 Å². The van der Waals surface area contributed by atoms with Crippen molar-refractivity contribution in [3.8, 4) is 0 Å². The van der Waals surface area contributed by atoms with Crippen molar-refractivity contribution < 1.29 is 9.90 Å². The number of hydrogen-bond donors (Lipinski definition) is 3. The molecule has 0 bridgehead atoms. The molecule has 0 spiro atoms. The van der Waals surface area contributed by atoms with E-state index >= 15 is 0 Å². The number of nitrogens with zero attached hydrogens (tertiary/aromatic N) is 1. The molecule has 3 N–H and O–H groups in total. The van der Waals surface area contributed by atoms with Crippen LogP contribution in [-0.4, -0.2) is 55.2 Å². The summed E-state index contributed by atoms with van der Waals surface area (Å²) in [7, 11) is 1.95. The van der Waals surface area contributed by atoms with Gasteiger partial charge in [0.15, 0.2) is 0 Å². The summed E-state index contributed by atoms with van der Waals surface area (Å²) in [5, 5.41) is 15.9. The molecular formula is C16H25N3O2. The number of carbonyl (C=O) groups excluding carboxylic acids is 1. The number of carbonyl (C=O) groups is 1. The molecule has 0 radical (unpaired) electrons. The molecule has 1 aromatic rings. The molecule has 1 saturated heterocycles. The molecule has 1 amide bonds. The number of β-amino-alcohol motifs (C(OH)–C–C–N with tert-alkyl or cyclic N) is 1. The summed E-state index contributed by atoms with van der Waals surface area (Å²) in [4.78, 5) is 14.6. The van der Waals surface area contributed by atoms with Crippen LogP contribution in [0.2, 0.25) is 0 Å². The molecule has 3 unspecified atom stereocenters. The lowest BCUT2D eigenvalue weighted by Gasteiger charge is -2.27. The number of amides is 1. The zero-order valence-electron chi connectivity index (χ0n) is 12.7. The molecule has 1 aliphatic heterocycles. The highest BCUT2D eigenvalue weighted by molar-refractivity contribution is 5.83. The Morgan fingerprint density at radius 2 is 2.14 bits per heavy atom. The van der Waals surface area contributed by atoms with Crippen molar-refractivity contribution in [1.29, 1.82) is 0 Å². The maximum absolute atomic E-state index is 12.6. The van der Waals surface area contributed by atoms with Gasteiger partial charge in [-0.25, -0.2) is 0 Å². The number of benzene rings is 1. The van der Waals surface area contributed by atoms with Gasteiger partial charge in [-0.3, -0.25) is 9.69 Å². The van der Waals surface area contributed by atoms with Gasteiger partial charge in [0, 0.05) is 25.6 Å². The summed E-state index contributed by atoms with van der Waals surface area (Å²) >= 11 is 0. The quantitative estimate of drug-likeness (QED) is 0.709. The van der Waals surface area contributed by atoms with Crippen molar-refractivity contribution in [3.05, 3.63) is 35.9 Å². The first kappa shape index (κ1) is 15.9. The van der Waals surface area contributed by atoms with Crippen LogP contribution in [0.1, 0.15) is 18.5 Å². The average Bonchev–Trinajstić information content (AvgIpc) is 2.91. The second-order valence-electron chi connectivity index (χ2n) is 5.62. The first-order valence-electron chi connectivity index (χ1n) is 7.55. The maximum Gasteiger partial charge on any atom is 0.241 e. The van der Waals surface area contributed by atoms with E-state index in [2.05, 4.69) is 10.6 Å². The Labute approximate surface area is 126 Å². The van der Waals surface area contributed by atoms with Crippen molar-refractivity contribution in [2.24, 2.45) is 5.92 Å². The van der Waals surface area contributed by atoms with Gasteiger partial charge >= 0.3 is 0 Å². The van der Waals surface area contributed by atoms with Gasteiger partial charge in [0.2, 0.25) is 5.91 Å². The highest BCUT2D eigenvalue weighted by Crippen LogP contribution is 2.19. The molecule has 5 nitrogen and oxygen atoms in total. The first-order valence-corrected chi connectivity index (χ1v) is 7.55. The standard InChI is InChI=1S/C16H25N3O2/c1-3-19(2)15(12-7-5-4-6-8-12)16(21)18-10-13-9-17-11-14(13)20/h4-8,13-15,17,20H,3,9-11H2,1-2H3,(H,18,21). The smallest absolute Gasteiger partial charge is 0.241 e. The van der Waals surface area contributed by atoms with E-state index in [4.69, 9.17) is 0 Å². The van der Waals surface area contributed by atoms with Crippen LogP contribution in [0.5, 0.6) is 0 Å². The van der Waals surface area contributed by atoms with E-state index in [0.717, 1.165) is 18.7 Å². The van der Waals surface area contributed by atoms with Gasteiger partial charge in [0.25, 0.3) is 0 Å². The largest absolute Gasteiger partial charge is 0.391 e. The molecule has 3 atom stereocenters. The van der Waals surface area contributed by atoms with Crippen LogP contribution in [0, 0.1) is 5.92 Å². The third kappa shape index (κ3) is 4.03. The summed E-state index contributed by atoms with van der Waals surface area (Å²) in [6.45, 7) is 4.70. The highest BCUT2D eigenvalue weighted by Gasteiger charge is 2.28. The molecule has 5 heteroatoms. The van der Waals surface area contributed by atoms with Crippen LogP contribution in [0.3, 0.4) is 0 Å². The molecule has 116 valence electrons. The maximum atomic E-state index is 12.6. The van der Waals surface area contributed by atoms with Gasteiger partial charge in [-0.05, 0) is 19.2 Å². The number of rotatable bonds is 6. The zero-order chi connectivity index (χ0) is 15.2. The molecule has 21 heavy (non-hydrogen) atoms. The van der Waals surface area contributed by atoms with Gasteiger partial charge in [-0.1, -0.05) is 37.3 Å². The Hall–Kier alpha value is -1.43. The zero-order valence-corrected chi connectivity index (χ0v) is 12.7. The minimum Gasteiger partial charge on any atom is -0.391 e. The molecule has 0 aromatic heterocycles. The predicted octanol–water partition coefficient (Wildman–Crippen LogP) is 0.376. The average molecular weight is 291 g/mol. The van der Waals surface area contributed by atoms with Crippen molar-refractivity contribution in [2.75, 3.05) is 33.2 Å². The van der Waals surface area contributed by atoms with E-state index in [1.165, 1.54) is 0 Å². The minimum atomic E-state index is -0.371. The first-order chi connectivity index (χ1) is 10.1. The summed E-state index contributed by atoms with van der Waals surface area (Å²) in [6.07, 6.45) is -0.371. The monoisotopic (exact) mass is 291 g/mol. The number of nitrogens with one attached hydrogen (secondary N) is 2. The molecule has 0 aliphatic carbocycles. The summed E-state index contributed by atoms with van der Waals surface area (Å²) in [5.74, 6) is 0.0851. The third-order valence-corrected chi connectivity index (χ3v) is 4.15. The van der Waals surface area contributed by atoms with Crippen LogP contribution in [0.4, 0.5) is 0 Å². The SMILES string of the molecule is CCN(C)C(C(=O)NCC1CNCC1O)c1ccccc1.